The molecular weight excluding hydrogens is 308 g/mol. The molecule has 2 N–H and O–H groups in total. The van der Waals surface area contributed by atoms with Crippen molar-refractivity contribution in [3.05, 3.63) is 48.0 Å². The van der Waals surface area contributed by atoms with Gasteiger partial charge in [-0.3, -0.25) is 9.69 Å². The van der Waals surface area contributed by atoms with Crippen LogP contribution in [0.3, 0.4) is 0 Å². The van der Waals surface area contributed by atoms with Crippen LogP contribution in [-0.2, 0) is 11.3 Å². The molecule has 1 amide bonds. The van der Waals surface area contributed by atoms with E-state index in [-0.39, 0.29) is 18.2 Å². The van der Waals surface area contributed by atoms with Gasteiger partial charge in [-0.1, -0.05) is 6.07 Å². The molecule has 6 heteroatoms. The van der Waals surface area contributed by atoms with E-state index in [0.717, 1.165) is 17.1 Å². The summed E-state index contributed by atoms with van der Waals surface area (Å²) >= 11 is 0. The standard InChI is InChI=1S/C18H20N2O4/c1-20(12-18(22)19-14-3-5-15(21)6-4-14)11-13-2-7-16-17(10-13)24-9-8-23-16/h2-7,10,21H,8-9,11-12H2,1H3,(H,19,22). The lowest BCUT2D eigenvalue weighted by molar-refractivity contribution is -0.117. The van der Waals surface area contributed by atoms with E-state index in [1.807, 2.05) is 30.1 Å². The van der Waals surface area contributed by atoms with E-state index in [2.05, 4.69) is 5.32 Å². The van der Waals surface area contributed by atoms with Gasteiger partial charge in [0, 0.05) is 12.2 Å². The second-order valence-corrected chi connectivity index (χ2v) is 5.75. The number of nitrogens with one attached hydrogen (secondary N) is 1. The lowest BCUT2D eigenvalue weighted by Gasteiger charge is -2.21. The fourth-order valence-electron chi connectivity index (χ4n) is 2.54. The molecule has 0 fully saturated rings. The first-order chi connectivity index (χ1) is 11.6. The third kappa shape index (κ3) is 4.17. The molecule has 0 unspecified atom stereocenters. The molecule has 0 saturated heterocycles. The Morgan fingerprint density at radius 2 is 1.83 bits per heavy atom. The lowest BCUT2D eigenvalue weighted by atomic mass is 10.2. The molecule has 126 valence electrons. The van der Waals surface area contributed by atoms with Crippen LogP contribution >= 0.6 is 0 Å². The molecule has 1 aliphatic heterocycles. The molecule has 0 atom stereocenters. The summed E-state index contributed by atoms with van der Waals surface area (Å²) in [7, 11) is 1.88. The zero-order valence-electron chi connectivity index (χ0n) is 13.5. The summed E-state index contributed by atoms with van der Waals surface area (Å²) in [4.78, 5) is 14.0. The predicted molar refractivity (Wildman–Crippen MR) is 90.5 cm³/mol. The third-order valence-corrected chi connectivity index (χ3v) is 3.62. The van der Waals surface area contributed by atoms with Crippen molar-refractivity contribution in [3.63, 3.8) is 0 Å². The van der Waals surface area contributed by atoms with Crippen LogP contribution in [0.1, 0.15) is 5.56 Å². The minimum Gasteiger partial charge on any atom is -0.508 e. The van der Waals surface area contributed by atoms with Gasteiger partial charge in [-0.2, -0.15) is 0 Å². The van der Waals surface area contributed by atoms with Crippen LogP contribution in [0.25, 0.3) is 0 Å². The van der Waals surface area contributed by atoms with Crippen LogP contribution in [0.2, 0.25) is 0 Å². The van der Waals surface area contributed by atoms with Gasteiger partial charge < -0.3 is 19.9 Å². The minimum absolute atomic E-state index is 0.110. The topological polar surface area (TPSA) is 71.0 Å². The SMILES string of the molecule is CN(CC(=O)Nc1ccc(O)cc1)Cc1ccc2c(c1)OCCO2. The summed E-state index contributed by atoms with van der Waals surface area (Å²) in [5.41, 5.74) is 1.71. The largest absolute Gasteiger partial charge is 0.508 e. The van der Waals surface area contributed by atoms with Crippen molar-refractivity contribution in [3.8, 4) is 17.2 Å². The molecule has 0 saturated carbocycles. The highest BCUT2D eigenvalue weighted by Gasteiger charge is 2.13. The number of rotatable bonds is 5. The summed E-state index contributed by atoms with van der Waals surface area (Å²) < 4.78 is 11.1. The van der Waals surface area contributed by atoms with Gasteiger partial charge in [0.15, 0.2) is 11.5 Å². The number of ether oxygens (including phenoxy) is 2. The molecule has 0 aliphatic carbocycles. The van der Waals surface area contributed by atoms with E-state index >= 15 is 0 Å². The Labute approximate surface area is 140 Å². The maximum atomic E-state index is 12.1. The zero-order chi connectivity index (χ0) is 16.9. The van der Waals surface area contributed by atoms with Gasteiger partial charge in [-0.05, 0) is 49.0 Å². The van der Waals surface area contributed by atoms with Gasteiger partial charge >= 0.3 is 0 Å². The maximum Gasteiger partial charge on any atom is 0.238 e. The number of benzene rings is 2. The van der Waals surface area contributed by atoms with Crippen molar-refractivity contribution in [2.75, 3.05) is 32.1 Å². The number of anilines is 1. The van der Waals surface area contributed by atoms with E-state index in [0.29, 0.717) is 25.4 Å². The Morgan fingerprint density at radius 3 is 2.58 bits per heavy atom. The Morgan fingerprint density at radius 1 is 1.12 bits per heavy atom. The molecule has 1 aliphatic rings. The van der Waals surface area contributed by atoms with Crippen LogP contribution in [0.4, 0.5) is 5.69 Å². The average Bonchev–Trinajstić information content (AvgIpc) is 2.56. The Kier molecular flexibility index (Phi) is 4.86. The highest BCUT2D eigenvalue weighted by molar-refractivity contribution is 5.92. The smallest absolute Gasteiger partial charge is 0.238 e. The number of fused-ring (bicyclic) bond motifs is 1. The Hall–Kier alpha value is -2.73. The summed E-state index contributed by atoms with van der Waals surface area (Å²) in [6, 6.07) is 12.2. The van der Waals surface area contributed by atoms with Crippen molar-refractivity contribution in [2.45, 2.75) is 6.54 Å². The molecule has 6 nitrogen and oxygen atoms in total. The van der Waals surface area contributed by atoms with Crippen LogP contribution in [0, 0.1) is 0 Å². The molecule has 2 aromatic rings. The quantitative estimate of drug-likeness (QED) is 0.824. The lowest BCUT2D eigenvalue weighted by Crippen LogP contribution is -2.29. The molecule has 3 rings (SSSR count). The highest BCUT2D eigenvalue weighted by Crippen LogP contribution is 2.31. The monoisotopic (exact) mass is 328 g/mol. The molecule has 0 aromatic heterocycles. The summed E-state index contributed by atoms with van der Waals surface area (Å²) in [5.74, 6) is 1.57. The molecule has 0 spiro atoms. The van der Waals surface area contributed by atoms with Crippen LogP contribution in [0.15, 0.2) is 42.5 Å². The Balaban J connectivity index is 1.54. The highest BCUT2D eigenvalue weighted by atomic mass is 16.6. The number of hydrogen-bond acceptors (Lipinski definition) is 5. The number of hydrogen-bond donors (Lipinski definition) is 2. The second kappa shape index (κ2) is 7.23. The van der Waals surface area contributed by atoms with E-state index < -0.39 is 0 Å². The van der Waals surface area contributed by atoms with Gasteiger partial charge in [0.1, 0.15) is 19.0 Å². The zero-order valence-corrected chi connectivity index (χ0v) is 13.5. The number of phenolic OH excluding ortho intramolecular Hbond substituents is 1. The van der Waals surface area contributed by atoms with Gasteiger partial charge in [-0.25, -0.2) is 0 Å². The molecule has 2 aromatic carbocycles. The number of phenols is 1. The predicted octanol–water partition coefficient (Wildman–Crippen LogP) is 2.23. The second-order valence-electron chi connectivity index (χ2n) is 5.75. The van der Waals surface area contributed by atoms with Gasteiger partial charge in [0.25, 0.3) is 0 Å². The average molecular weight is 328 g/mol. The number of aromatic hydroxyl groups is 1. The number of carbonyl (C=O) groups excluding carboxylic acids is 1. The molecule has 0 bridgehead atoms. The number of carbonyl (C=O) groups is 1. The summed E-state index contributed by atoms with van der Waals surface area (Å²) in [6.07, 6.45) is 0. The van der Waals surface area contributed by atoms with Crippen LogP contribution < -0.4 is 14.8 Å². The Bertz CT molecular complexity index is 715. The number of nitrogens with zero attached hydrogens (tertiary/aromatic N) is 1. The van der Waals surface area contributed by atoms with E-state index in [1.54, 1.807) is 12.1 Å². The summed E-state index contributed by atoms with van der Waals surface area (Å²) in [5, 5.41) is 12.0. The third-order valence-electron chi connectivity index (χ3n) is 3.62. The summed E-state index contributed by atoms with van der Waals surface area (Å²) in [6.45, 7) is 2.01. The van der Waals surface area contributed by atoms with Crippen molar-refractivity contribution in [2.24, 2.45) is 0 Å². The first-order valence-electron chi connectivity index (χ1n) is 7.76. The van der Waals surface area contributed by atoms with Crippen molar-refractivity contribution in [1.82, 2.24) is 4.90 Å². The van der Waals surface area contributed by atoms with Crippen LogP contribution in [0.5, 0.6) is 17.2 Å². The normalized spacial score (nSPS) is 12.9. The van der Waals surface area contributed by atoms with Crippen molar-refractivity contribution in [1.29, 1.82) is 0 Å². The molecular formula is C18H20N2O4. The minimum atomic E-state index is -0.110. The van der Waals surface area contributed by atoms with Crippen molar-refractivity contribution < 1.29 is 19.4 Å². The molecule has 1 heterocycles. The van der Waals surface area contributed by atoms with E-state index in [4.69, 9.17) is 9.47 Å². The first-order valence-corrected chi connectivity index (χ1v) is 7.76. The van der Waals surface area contributed by atoms with E-state index in [9.17, 15) is 9.90 Å². The number of amides is 1. The fraction of sp³-hybridized carbons (Fsp3) is 0.278. The maximum absolute atomic E-state index is 12.1. The van der Waals surface area contributed by atoms with Gasteiger partial charge in [0.2, 0.25) is 5.91 Å². The fourth-order valence-corrected chi connectivity index (χ4v) is 2.54. The number of likely N-dealkylation sites (N-methyl/N-ethyl adjacent to an activating group) is 1. The first kappa shape index (κ1) is 16.1. The van der Waals surface area contributed by atoms with Crippen molar-refractivity contribution >= 4 is 11.6 Å². The van der Waals surface area contributed by atoms with E-state index in [1.165, 1.54) is 12.1 Å². The van der Waals surface area contributed by atoms with Gasteiger partial charge in [-0.15, -0.1) is 0 Å². The molecule has 0 radical (unpaired) electrons. The molecule has 24 heavy (non-hydrogen) atoms. The van der Waals surface area contributed by atoms with Crippen LogP contribution in [-0.4, -0.2) is 42.7 Å². The van der Waals surface area contributed by atoms with Gasteiger partial charge in [0.05, 0.1) is 6.54 Å².